The summed E-state index contributed by atoms with van der Waals surface area (Å²) in [4.78, 5) is 10.9. The van der Waals surface area contributed by atoms with Gasteiger partial charge in [-0.25, -0.2) is 4.79 Å². The molecule has 19 heavy (non-hydrogen) atoms. The molecule has 0 amide bonds. The zero-order valence-electron chi connectivity index (χ0n) is 9.58. The van der Waals surface area contributed by atoms with Crippen LogP contribution in [-0.4, -0.2) is 23.4 Å². The molecular formula is C12H8ClF3O3. The maximum absolute atomic E-state index is 12.8. The molecule has 0 fully saturated rings. The molecule has 0 radical (unpaired) electrons. The number of hydrogen-bond donors (Lipinski definition) is 1. The van der Waals surface area contributed by atoms with E-state index in [0.717, 1.165) is 6.08 Å². The molecule has 1 atom stereocenters. The van der Waals surface area contributed by atoms with E-state index in [0.29, 0.717) is 5.56 Å². The van der Waals surface area contributed by atoms with E-state index in [1.165, 1.54) is 6.07 Å². The van der Waals surface area contributed by atoms with Gasteiger partial charge in [0.05, 0.1) is 10.6 Å². The number of halogens is 4. The number of alkyl halides is 3. The largest absolute Gasteiger partial charge is 0.478 e. The molecule has 1 aliphatic heterocycles. The van der Waals surface area contributed by atoms with Crippen molar-refractivity contribution in [3.8, 4) is 5.75 Å². The number of carboxylic acids is 1. The smallest absolute Gasteiger partial charge is 0.430 e. The number of carboxylic acid groups (broad SMARTS) is 1. The number of rotatable bonds is 1. The van der Waals surface area contributed by atoms with Crippen LogP contribution < -0.4 is 4.74 Å². The van der Waals surface area contributed by atoms with Gasteiger partial charge in [-0.15, -0.1) is 0 Å². The SMILES string of the molecule is Cc1ccc(Cl)c2c1C=C(C(=O)O)C(C(F)(F)F)O2. The van der Waals surface area contributed by atoms with Crippen molar-refractivity contribution in [1.29, 1.82) is 0 Å². The molecule has 1 aromatic rings. The van der Waals surface area contributed by atoms with Gasteiger partial charge in [0.15, 0.2) is 0 Å². The summed E-state index contributed by atoms with van der Waals surface area (Å²) >= 11 is 5.79. The highest BCUT2D eigenvalue weighted by Crippen LogP contribution is 2.42. The topological polar surface area (TPSA) is 46.5 Å². The van der Waals surface area contributed by atoms with E-state index >= 15 is 0 Å². The van der Waals surface area contributed by atoms with Gasteiger partial charge < -0.3 is 9.84 Å². The Hall–Kier alpha value is -1.69. The molecule has 0 aliphatic carbocycles. The number of aryl methyl sites for hydroxylation is 1. The van der Waals surface area contributed by atoms with Gasteiger partial charge >= 0.3 is 12.1 Å². The summed E-state index contributed by atoms with van der Waals surface area (Å²) in [6.07, 6.45) is -6.38. The second-order valence-electron chi connectivity index (χ2n) is 4.05. The lowest BCUT2D eigenvalue weighted by molar-refractivity contribution is -0.187. The van der Waals surface area contributed by atoms with Crippen LogP contribution in [0.5, 0.6) is 5.75 Å². The second kappa shape index (κ2) is 4.45. The fraction of sp³-hybridized carbons (Fsp3) is 0.250. The summed E-state index contributed by atoms with van der Waals surface area (Å²) in [7, 11) is 0. The normalized spacial score (nSPS) is 18.4. The van der Waals surface area contributed by atoms with Crippen molar-refractivity contribution in [1.82, 2.24) is 0 Å². The second-order valence-corrected chi connectivity index (χ2v) is 4.46. The summed E-state index contributed by atoms with van der Waals surface area (Å²) in [6, 6.07) is 2.98. The van der Waals surface area contributed by atoms with Crippen LogP contribution in [0.3, 0.4) is 0 Å². The Kier molecular flexibility index (Phi) is 3.22. The summed E-state index contributed by atoms with van der Waals surface area (Å²) in [5.41, 5.74) is -0.0189. The van der Waals surface area contributed by atoms with Crippen LogP contribution in [0.1, 0.15) is 11.1 Å². The molecular weight excluding hydrogens is 285 g/mol. The molecule has 3 nitrogen and oxygen atoms in total. The Labute approximate surface area is 111 Å². The minimum Gasteiger partial charge on any atom is -0.478 e. The minimum atomic E-state index is -4.82. The maximum atomic E-state index is 12.8. The molecule has 1 aliphatic rings. The first-order valence-corrected chi connectivity index (χ1v) is 5.57. The van der Waals surface area contributed by atoms with Gasteiger partial charge in [0.2, 0.25) is 6.10 Å². The van der Waals surface area contributed by atoms with E-state index in [-0.39, 0.29) is 16.3 Å². The van der Waals surface area contributed by atoms with Crippen molar-refractivity contribution in [3.63, 3.8) is 0 Å². The molecule has 2 rings (SSSR count). The fourth-order valence-electron chi connectivity index (χ4n) is 1.80. The van der Waals surface area contributed by atoms with Gasteiger partial charge in [-0.2, -0.15) is 13.2 Å². The summed E-state index contributed by atoms with van der Waals surface area (Å²) in [5.74, 6) is -1.82. The van der Waals surface area contributed by atoms with Gasteiger partial charge in [0, 0.05) is 5.56 Å². The van der Waals surface area contributed by atoms with E-state index in [1.807, 2.05) is 0 Å². The summed E-state index contributed by atoms with van der Waals surface area (Å²) in [5, 5.41) is 8.89. The number of ether oxygens (including phenoxy) is 1. The molecule has 0 aromatic heterocycles. The average molecular weight is 293 g/mol. The highest BCUT2D eigenvalue weighted by Gasteiger charge is 2.48. The predicted octanol–water partition coefficient (Wildman–Crippen LogP) is 3.44. The molecule has 0 bridgehead atoms. The summed E-state index contributed by atoms with van der Waals surface area (Å²) in [6.45, 7) is 1.63. The molecule has 7 heteroatoms. The zero-order chi connectivity index (χ0) is 14.4. The van der Waals surface area contributed by atoms with Gasteiger partial charge in [0.1, 0.15) is 5.75 Å². The third kappa shape index (κ3) is 2.40. The summed E-state index contributed by atoms with van der Waals surface area (Å²) < 4.78 is 43.2. The maximum Gasteiger partial charge on any atom is 0.430 e. The molecule has 1 N–H and O–H groups in total. The molecule has 1 heterocycles. The molecule has 1 aromatic carbocycles. The highest BCUT2D eigenvalue weighted by atomic mass is 35.5. The Balaban J connectivity index is 2.64. The number of carbonyl (C=O) groups is 1. The van der Waals surface area contributed by atoms with E-state index < -0.39 is 23.8 Å². The number of hydrogen-bond acceptors (Lipinski definition) is 2. The molecule has 0 saturated carbocycles. The minimum absolute atomic E-state index is 0.00976. The Morgan fingerprint density at radius 1 is 1.42 bits per heavy atom. The standard InChI is InChI=1S/C12H8ClF3O3/c1-5-2-3-8(13)9-6(5)4-7(11(17)18)10(19-9)12(14,15)16/h2-4,10H,1H3,(H,17,18). The quantitative estimate of drug-likeness (QED) is 0.862. The third-order valence-electron chi connectivity index (χ3n) is 2.73. The predicted molar refractivity (Wildman–Crippen MR) is 62.3 cm³/mol. The molecule has 1 unspecified atom stereocenters. The first-order chi connectivity index (χ1) is 8.71. The lowest BCUT2D eigenvalue weighted by Gasteiger charge is -2.28. The van der Waals surface area contributed by atoms with Crippen molar-refractivity contribution in [3.05, 3.63) is 33.9 Å². The van der Waals surface area contributed by atoms with E-state index in [4.69, 9.17) is 21.4 Å². The first kappa shape index (κ1) is 13.7. The van der Waals surface area contributed by atoms with Crippen molar-refractivity contribution in [2.75, 3.05) is 0 Å². The number of benzene rings is 1. The lowest BCUT2D eigenvalue weighted by atomic mass is 9.98. The van der Waals surface area contributed by atoms with Crippen LogP contribution in [0.4, 0.5) is 13.2 Å². The monoisotopic (exact) mass is 292 g/mol. The highest BCUT2D eigenvalue weighted by molar-refractivity contribution is 6.32. The lowest BCUT2D eigenvalue weighted by Crippen LogP contribution is -2.40. The van der Waals surface area contributed by atoms with Gasteiger partial charge in [-0.1, -0.05) is 17.7 Å². The van der Waals surface area contributed by atoms with Gasteiger partial charge in [-0.3, -0.25) is 0 Å². The Morgan fingerprint density at radius 2 is 2.05 bits per heavy atom. The van der Waals surface area contributed by atoms with Crippen LogP contribution >= 0.6 is 11.6 Å². The number of fused-ring (bicyclic) bond motifs is 1. The van der Waals surface area contributed by atoms with Crippen LogP contribution in [0.25, 0.3) is 6.08 Å². The Bertz CT molecular complexity index is 578. The zero-order valence-corrected chi connectivity index (χ0v) is 10.3. The average Bonchev–Trinajstić information content (AvgIpc) is 2.31. The molecule has 0 saturated heterocycles. The van der Waals surface area contributed by atoms with Gasteiger partial charge in [-0.05, 0) is 24.6 Å². The van der Waals surface area contributed by atoms with E-state index in [9.17, 15) is 18.0 Å². The fourth-order valence-corrected chi connectivity index (χ4v) is 2.01. The van der Waals surface area contributed by atoms with E-state index in [1.54, 1.807) is 13.0 Å². The van der Waals surface area contributed by atoms with Gasteiger partial charge in [0.25, 0.3) is 0 Å². The molecule has 0 spiro atoms. The van der Waals surface area contributed by atoms with Crippen LogP contribution in [-0.2, 0) is 4.79 Å². The van der Waals surface area contributed by atoms with E-state index in [2.05, 4.69) is 0 Å². The van der Waals surface area contributed by atoms with Crippen LogP contribution in [0.2, 0.25) is 5.02 Å². The Morgan fingerprint density at radius 3 is 2.58 bits per heavy atom. The van der Waals surface area contributed by atoms with Crippen LogP contribution in [0, 0.1) is 6.92 Å². The van der Waals surface area contributed by atoms with Crippen LogP contribution in [0.15, 0.2) is 17.7 Å². The van der Waals surface area contributed by atoms with Crippen molar-refractivity contribution in [2.45, 2.75) is 19.2 Å². The van der Waals surface area contributed by atoms with Crippen molar-refractivity contribution >= 4 is 23.6 Å². The number of aliphatic carboxylic acids is 1. The third-order valence-corrected chi connectivity index (χ3v) is 3.03. The van der Waals surface area contributed by atoms with Crippen molar-refractivity contribution < 1.29 is 27.8 Å². The first-order valence-electron chi connectivity index (χ1n) is 5.19. The van der Waals surface area contributed by atoms with Crippen molar-refractivity contribution in [2.24, 2.45) is 0 Å². The molecule has 102 valence electrons.